The zero-order valence-corrected chi connectivity index (χ0v) is 15.1. The molecule has 0 aliphatic carbocycles. The third kappa shape index (κ3) is 3.76. The number of hydrogen-bond donors (Lipinski definition) is 1. The zero-order valence-electron chi connectivity index (χ0n) is 15.1. The molecule has 0 spiro atoms. The van der Waals surface area contributed by atoms with Crippen LogP contribution < -0.4 is 5.43 Å². The van der Waals surface area contributed by atoms with Gasteiger partial charge in [-0.2, -0.15) is 19.7 Å². The SMILES string of the molecule is Cc1nn(C)c(F)c1C=NNC(=O)C(C)Cn1nc(C)c([N+](=O)[O-])c1C. The van der Waals surface area contributed by atoms with Crippen molar-refractivity contribution in [2.45, 2.75) is 34.2 Å². The average Bonchev–Trinajstić information content (AvgIpc) is 2.96. The molecule has 11 heteroatoms. The second-order valence-electron chi connectivity index (χ2n) is 6.01. The molecule has 1 atom stereocenters. The van der Waals surface area contributed by atoms with Gasteiger partial charge in [-0.25, -0.2) is 10.1 Å². The van der Waals surface area contributed by atoms with E-state index in [-0.39, 0.29) is 17.8 Å². The molecule has 140 valence electrons. The van der Waals surface area contributed by atoms with Crippen molar-refractivity contribution >= 4 is 17.8 Å². The molecule has 0 radical (unpaired) electrons. The summed E-state index contributed by atoms with van der Waals surface area (Å²) < 4.78 is 16.3. The van der Waals surface area contributed by atoms with Crippen molar-refractivity contribution in [2.75, 3.05) is 0 Å². The van der Waals surface area contributed by atoms with Gasteiger partial charge in [-0.1, -0.05) is 6.92 Å². The number of aromatic nitrogens is 4. The van der Waals surface area contributed by atoms with Crippen molar-refractivity contribution in [1.82, 2.24) is 25.0 Å². The van der Waals surface area contributed by atoms with E-state index < -0.39 is 22.7 Å². The zero-order chi connectivity index (χ0) is 19.6. The van der Waals surface area contributed by atoms with Crippen LogP contribution in [0.1, 0.15) is 29.6 Å². The fraction of sp³-hybridized carbons (Fsp3) is 0.467. The standard InChI is InChI=1S/C15H20FN7O3/c1-8(7-22-11(4)13(23(25)26)10(3)20-22)15(24)18-17-6-12-9(2)19-21(5)14(12)16/h6,8H,7H2,1-5H3,(H,18,24). The Hall–Kier alpha value is -3.11. The maximum Gasteiger partial charge on any atom is 0.312 e. The number of aryl methyl sites for hydroxylation is 3. The Morgan fingerprint density at radius 1 is 1.38 bits per heavy atom. The maximum atomic E-state index is 13.8. The number of amides is 1. The molecule has 0 aliphatic rings. The number of nitro groups is 1. The summed E-state index contributed by atoms with van der Waals surface area (Å²) in [5, 5.41) is 22.8. The molecule has 1 unspecified atom stereocenters. The molecule has 0 aliphatic heterocycles. The predicted octanol–water partition coefficient (Wildman–Crippen LogP) is 1.38. The van der Waals surface area contributed by atoms with Crippen molar-refractivity contribution in [3.05, 3.63) is 38.7 Å². The van der Waals surface area contributed by atoms with Crippen LogP contribution in [-0.2, 0) is 18.4 Å². The van der Waals surface area contributed by atoms with E-state index in [0.29, 0.717) is 17.1 Å². The van der Waals surface area contributed by atoms with Crippen molar-refractivity contribution < 1.29 is 14.1 Å². The molecule has 2 aromatic heterocycles. The highest BCUT2D eigenvalue weighted by molar-refractivity contribution is 5.84. The maximum absolute atomic E-state index is 13.8. The topological polar surface area (TPSA) is 120 Å². The highest BCUT2D eigenvalue weighted by Crippen LogP contribution is 2.22. The molecule has 1 amide bonds. The number of carbonyl (C=O) groups excluding carboxylic acids is 1. The Balaban J connectivity index is 2.03. The molecule has 0 fully saturated rings. The summed E-state index contributed by atoms with van der Waals surface area (Å²) in [4.78, 5) is 22.7. The van der Waals surface area contributed by atoms with Crippen molar-refractivity contribution in [1.29, 1.82) is 0 Å². The number of nitrogens with zero attached hydrogens (tertiary/aromatic N) is 6. The molecule has 1 N–H and O–H groups in total. The third-order valence-electron chi connectivity index (χ3n) is 3.98. The number of nitrogens with one attached hydrogen (secondary N) is 1. The van der Waals surface area contributed by atoms with E-state index in [1.165, 1.54) is 17.9 Å². The summed E-state index contributed by atoms with van der Waals surface area (Å²) in [5.74, 6) is -1.52. The molecule has 0 bridgehead atoms. The molecule has 2 heterocycles. The Morgan fingerprint density at radius 3 is 2.54 bits per heavy atom. The van der Waals surface area contributed by atoms with Gasteiger partial charge in [0.2, 0.25) is 11.9 Å². The molecule has 26 heavy (non-hydrogen) atoms. The van der Waals surface area contributed by atoms with Gasteiger partial charge in [0.25, 0.3) is 0 Å². The minimum atomic E-state index is -0.552. The highest BCUT2D eigenvalue weighted by atomic mass is 19.1. The third-order valence-corrected chi connectivity index (χ3v) is 3.98. The van der Waals surface area contributed by atoms with Gasteiger partial charge in [0.15, 0.2) is 0 Å². The molecule has 2 rings (SSSR count). The van der Waals surface area contributed by atoms with E-state index >= 15 is 0 Å². The summed E-state index contributed by atoms with van der Waals surface area (Å²) in [6.07, 6.45) is 1.19. The second-order valence-corrected chi connectivity index (χ2v) is 6.01. The van der Waals surface area contributed by atoms with Crippen LogP contribution in [0.5, 0.6) is 0 Å². The van der Waals surface area contributed by atoms with Gasteiger partial charge in [-0.15, -0.1) is 0 Å². The summed E-state index contributed by atoms with van der Waals surface area (Å²) in [6.45, 7) is 6.55. The summed E-state index contributed by atoms with van der Waals surface area (Å²) in [5.41, 5.74) is 3.58. The van der Waals surface area contributed by atoms with Crippen LogP contribution in [0.25, 0.3) is 0 Å². The van der Waals surface area contributed by atoms with E-state index in [0.717, 1.165) is 4.68 Å². The highest BCUT2D eigenvalue weighted by Gasteiger charge is 2.24. The second kappa shape index (κ2) is 7.42. The smallest absolute Gasteiger partial charge is 0.273 e. The quantitative estimate of drug-likeness (QED) is 0.471. The molecular formula is C15H20FN7O3. The van der Waals surface area contributed by atoms with Gasteiger partial charge in [0.05, 0.1) is 34.9 Å². The molecule has 0 saturated heterocycles. The number of halogens is 1. The van der Waals surface area contributed by atoms with E-state index in [9.17, 15) is 19.3 Å². The Morgan fingerprint density at radius 2 is 2.04 bits per heavy atom. The van der Waals surface area contributed by atoms with E-state index in [1.54, 1.807) is 27.7 Å². The fourth-order valence-electron chi connectivity index (χ4n) is 2.54. The van der Waals surface area contributed by atoms with Crippen LogP contribution in [0, 0.1) is 42.8 Å². The van der Waals surface area contributed by atoms with Crippen molar-refractivity contribution in [3.63, 3.8) is 0 Å². The van der Waals surface area contributed by atoms with E-state index in [1.807, 2.05) is 0 Å². The Labute approximate surface area is 148 Å². The lowest BCUT2D eigenvalue weighted by atomic mass is 10.1. The summed E-state index contributed by atoms with van der Waals surface area (Å²) in [6, 6.07) is 0. The summed E-state index contributed by atoms with van der Waals surface area (Å²) in [7, 11) is 1.47. The first-order valence-corrected chi connectivity index (χ1v) is 7.83. The van der Waals surface area contributed by atoms with Crippen LogP contribution in [0.15, 0.2) is 5.10 Å². The lowest BCUT2D eigenvalue weighted by Crippen LogP contribution is -2.28. The van der Waals surface area contributed by atoms with Crippen molar-refractivity contribution in [2.24, 2.45) is 18.1 Å². The number of hydrogen-bond acceptors (Lipinski definition) is 6. The molecule has 10 nitrogen and oxygen atoms in total. The number of rotatable bonds is 6. The van der Waals surface area contributed by atoms with Gasteiger partial charge in [-0.3, -0.25) is 19.6 Å². The number of hydrazone groups is 1. The minimum Gasteiger partial charge on any atom is -0.273 e. The Kier molecular flexibility index (Phi) is 5.48. The first-order chi connectivity index (χ1) is 12.1. The van der Waals surface area contributed by atoms with Gasteiger partial charge in [0.1, 0.15) is 11.4 Å². The van der Waals surface area contributed by atoms with Crippen LogP contribution in [0.2, 0.25) is 0 Å². The lowest BCUT2D eigenvalue weighted by Gasteiger charge is -2.10. The normalized spacial score (nSPS) is 12.5. The van der Waals surface area contributed by atoms with Gasteiger partial charge in [0, 0.05) is 7.05 Å². The molecule has 2 aromatic rings. The monoisotopic (exact) mass is 365 g/mol. The van der Waals surface area contributed by atoms with Crippen LogP contribution in [0.4, 0.5) is 10.1 Å². The first kappa shape index (κ1) is 19.2. The minimum absolute atomic E-state index is 0.0573. The van der Waals surface area contributed by atoms with Crippen LogP contribution in [0.3, 0.4) is 0 Å². The van der Waals surface area contributed by atoms with Crippen LogP contribution in [-0.4, -0.2) is 36.6 Å². The predicted molar refractivity (Wildman–Crippen MR) is 91.2 cm³/mol. The fourth-order valence-corrected chi connectivity index (χ4v) is 2.54. The van der Waals surface area contributed by atoms with Gasteiger partial charge >= 0.3 is 5.69 Å². The summed E-state index contributed by atoms with van der Waals surface area (Å²) >= 11 is 0. The molecule has 0 saturated carbocycles. The molecule has 0 aromatic carbocycles. The average molecular weight is 365 g/mol. The van der Waals surface area contributed by atoms with Crippen molar-refractivity contribution in [3.8, 4) is 0 Å². The van der Waals surface area contributed by atoms with Crippen LogP contribution >= 0.6 is 0 Å². The number of carbonyl (C=O) groups is 1. The van der Waals surface area contributed by atoms with E-state index in [4.69, 9.17) is 0 Å². The first-order valence-electron chi connectivity index (χ1n) is 7.83. The molecular weight excluding hydrogens is 345 g/mol. The Bertz CT molecular complexity index is 884. The largest absolute Gasteiger partial charge is 0.312 e. The lowest BCUT2D eigenvalue weighted by molar-refractivity contribution is -0.386. The van der Waals surface area contributed by atoms with E-state index in [2.05, 4.69) is 20.7 Å². The van der Waals surface area contributed by atoms with Gasteiger partial charge in [-0.05, 0) is 20.8 Å². The van der Waals surface area contributed by atoms with Gasteiger partial charge < -0.3 is 0 Å².